The first kappa shape index (κ1) is 10.9. The lowest BCUT2D eigenvalue weighted by molar-refractivity contribution is 0.162. The minimum atomic E-state index is -0.200. The number of likely N-dealkylation sites (tertiary alicyclic amines) is 1. The molecular formula is C10H21FN2. The largest absolute Gasteiger partial charge is 0.317 e. The van der Waals surface area contributed by atoms with Gasteiger partial charge in [-0.2, -0.15) is 0 Å². The first-order valence-electron chi connectivity index (χ1n) is 5.35. The molecule has 1 heterocycles. The van der Waals surface area contributed by atoms with Gasteiger partial charge in [-0.3, -0.25) is 0 Å². The van der Waals surface area contributed by atoms with E-state index in [9.17, 15) is 4.39 Å². The number of hydrogen-bond acceptors (Lipinski definition) is 2. The van der Waals surface area contributed by atoms with Crippen molar-refractivity contribution >= 4 is 0 Å². The molecular weight excluding hydrogens is 167 g/mol. The maximum atomic E-state index is 12.1. The molecule has 0 bridgehead atoms. The lowest BCUT2D eigenvalue weighted by Gasteiger charge is -2.32. The van der Waals surface area contributed by atoms with E-state index in [0.29, 0.717) is 6.54 Å². The normalized spacial score (nSPS) is 24.9. The lowest BCUT2D eigenvalue weighted by atomic mass is 9.98. The SMILES string of the molecule is CCNCC1CCCN(CCF)C1. The molecule has 1 rings (SSSR count). The van der Waals surface area contributed by atoms with Crippen LogP contribution in [0.5, 0.6) is 0 Å². The number of nitrogens with zero attached hydrogens (tertiary/aromatic N) is 1. The molecule has 0 spiro atoms. The second-order valence-electron chi connectivity index (χ2n) is 3.81. The van der Waals surface area contributed by atoms with Crippen LogP contribution in [0.3, 0.4) is 0 Å². The summed E-state index contributed by atoms with van der Waals surface area (Å²) in [5, 5.41) is 3.36. The summed E-state index contributed by atoms with van der Waals surface area (Å²) in [6.45, 7) is 6.86. The van der Waals surface area contributed by atoms with Crippen molar-refractivity contribution in [1.82, 2.24) is 10.2 Å². The van der Waals surface area contributed by atoms with Crippen molar-refractivity contribution in [3.63, 3.8) is 0 Å². The van der Waals surface area contributed by atoms with Crippen molar-refractivity contribution in [1.29, 1.82) is 0 Å². The molecule has 0 amide bonds. The average Bonchev–Trinajstić information content (AvgIpc) is 2.16. The summed E-state index contributed by atoms with van der Waals surface area (Å²) in [5.74, 6) is 0.736. The van der Waals surface area contributed by atoms with Crippen LogP contribution in [0.25, 0.3) is 0 Å². The van der Waals surface area contributed by atoms with Crippen molar-refractivity contribution in [3.05, 3.63) is 0 Å². The third-order valence-corrected chi connectivity index (χ3v) is 2.69. The zero-order valence-corrected chi connectivity index (χ0v) is 8.56. The highest BCUT2D eigenvalue weighted by molar-refractivity contribution is 4.74. The van der Waals surface area contributed by atoms with Crippen molar-refractivity contribution in [3.8, 4) is 0 Å². The Bertz CT molecular complexity index is 128. The molecule has 0 radical (unpaired) electrons. The standard InChI is InChI=1S/C10H21FN2/c1-2-12-8-10-4-3-6-13(9-10)7-5-11/h10,12H,2-9H2,1H3. The molecule has 0 aromatic heterocycles. The summed E-state index contributed by atoms with van der Waals surface area (Å²) in [4.78, 5) is 2.24. The maximum Gasteiger partial charge on any atom is 0.102 e. The quantitative estimate of drug-likeness (QED) is 0.699. The number of alkyl halides is 1. The van der Waals surface area contributed by atoms with E-state index in [1.165, 1.54) is 12.8 Å². The van der Waals surface area contributed by atoms with Gasteiger partial charge in [0.2, 0.25) is 0 Å². The van der Waals surface area contributed by atoms with Crippen LogP contribution in [0, 0.1) is 5.92 Å². The molecule has 0 aromatic carbocycles. The van der Waals surface area contributed by atoms with Crippen LogP contribution in [-0.4, -0.2) is 44.3 Å². The maximum absolute atomic E-state index is 12.1. The predicted octanol–water partition coefficient (Wildman–Crippen LogP) is 1.28. The number of piperidine rings is 1. The molecule has 2 nitrogen and oxygen atoms in total. The summed E-state index contributed by atoms with van der Waals surface area (Å²) in [6.07, 6.45) is 2.53. The van der Waals surface area contributed by atoms with Crippen molar-refractivity contribution in [2.75, 3.05) is 39.4 Å². The number of hydrogen-bond donors (Lipinski definition) is 1. The molecule has 0 saturated carbocycles. The van der Waals surface area contributed by atoms with Crippen molar-refractivity contribution in [2.24, 2.45) is 5.92 Å². The Morgan fingerprint density at radius 3 is 3.08 bits per heavy atom. The van der Waals surface area contributed by atoms with Gasteiger partial charge < -0.3 is 10.2 Å². The van der Waals surface area contributed by atoms with Gasteiger partial charge in [0.25, 0.3) is 0 Å². The summed E-state index contributed by atoms with van der Waals surface area (Å²) >= 11 is 0. The van der Waals surface area contributed by atoms with E-state index in [1.807, 2.05) is 0 Å². The van der Waals surface area contributed by atoms with E-state index >= 15 is 0 Å². The zero-order chi connectivity index (χ0) is 9.52. The van der Waals surface area contributed by atoms with Gasteiger partial charge in [-0.05, 0) is 38.4 Å². The highest BCUT2D eigenvalue weighted by atomic mass is 19.1. The topological polar surface area (TPSA) is 15.3 Å². The molecule has 1 saturated heterocycles. The van der Waals surface area contributed by atoms with Crippen LogP contribution in [0.1, 0.15) is 19.8 Å². The highest BCUT2D eigenvalue weighted by Gasteiger charge is 2.18. The van der Waals surface area contributed by atoms with Crippen LogP contribution < -0.4 is 5.32 Å². The van der Waals surface area contributed by atoms with E-state index in [4.69, 9.17) is 0 Å². The van der Waals surface area contributed by atoms with Gasteiger partial charge in [-0.25, -0.2) is 4.39 Å². The molecule has 1 atom stereocenters. The number of nitrogens with one attached hydrogen (secondary N) is 1. The van der Waals surface area contributed by atoms with E-state index in [2.05, 4.69) is 17.1 Å². The fraction of sp³-hybridized carbons (Fsp3) is 1.00. The fourth-order valence-electron chi connectivity index (χ4n) is 1.99. The first-order chi connectivity index (χ1) is 6.36. The molecule has 0 aromatic rings. The van der Waals surface area contributed by atoms with Gasteiger partial charge in [0.05, 0.1) is 0 Å². The number of rotatable bonds is 5. The Morgan fingerprint density at radius 2 is 2.38 bits per heavy atom. The molecule has 3 heteroatoms. The molecule has 13 heavy (non-hydrogen) atoms. The number of halogens is 1. The molecule has 1 fully saturated rings. The summed E-state index contributed by atoms with van der Waals surface area (Å²) in [7, 11) is 0. The van der Waals surface area contributed by atoms with Crippen LogP contribution in [0.15, 0.2) is 0 Å². The van der Waals surface area contributed by atoms with Crippen LogP contribution in [0.4, 0.5) is 4.39 Å². The Balaban J connectivity index is 2.16. The monoisotopic (exact) mass is 188 g/mol. The molecule has 78 valence electrons. The Labute approximate surface area is 80.5 Å². The molecule has 1 unspecified atom stereocenters. The smallest absolute Gasteiger partial charge is 0.102 e. The minimum Gasteiger partial charge on any atom is -0.317 e. The van der Waals surface area contributed by atoms with E-state index < -0.39 is 0 Å². The van der Waals surface area contributed by atoms with Crippen molar-refractivity contribution < 1.29 is 4.39 Å². The second kappa shape index (κ2) is 6.33. The first-order valence-corrected chi connectivity index (χ1v) is 5.35. The van der Waals surface area contributed by atoms with Crippen molar-refractivity contribution in [2.45, 2.75) is 19.8 Å². The minimum absolute atomic E-state index is 0.200. The fourth-order valence-corrected chi connectivity index (χ4v) is 1.99. The molecule has 0 aliphatic carbocycles. The third kappa shape index (κ3) is 4.05. The molecule has 1 N–H and O–H groups in total. The zero-order valence-electron chi connectivity index (χ0n) is 8.56. The molecule has 1 aliphatic rings. The third-order valence-electron chi connectivity index (χ3n) is 2.69. The van der Waals surface area contributed by atoms with Crippen LogP contribution >= 0.6 is 0 Å². The lowest BCUT2D eigenvalue weighted by Crippen LogP contribution is -2.40. The summed E-state index contributed by atoms with van der Waals surface area (Å²) in [6, 6.07) is 0. The van der Waals surface area contributed by atoms with Gasteiger partial charge in [-0.1, -0.05) is 6.92 Å². The summed E-state index contributed by atoms with van der Waals surface area (Å²) < 4.78 is 12.1. The average molecular weight is 188 g/mol. The summed E-state index contributed by atoms with van der Waals surface area (Å²) in [5.41, 5.74) is 0. The van der Waals surface area contributed by atoms with E-state index in [0.717, 1.165) is 32.1 Å². The van der Waals surface area contributed by atoms with E-state index in [-0.39, 0.29) is 6.67 Å². The Hall–Kier alpha value is -0.150. The van der Waals surface area contributed by atoms with Gasteiger partial charge >= 0.3 is 0 Å². The highest BCUT2D eigenvalue weighted by Crippen LogP contribution is 2.15. The Morgan fingerprint density at radius 1 is 1.54 bits per heavy atom. The van der Waals surface area contributed by atoms with Gasteiger partial charge in [0, 0.05) is 13.1 Å². The second-order valence-corrected chi connectivity index (χ2v) is 3.81. The van der Waals surface area contributed by atoms with Crippen LogP contribution in [-0.2, 0) is 0 Å². The van der Waals surface area contributed by atoms with Crippen LogP contribution in [0.2, 0.25) is 0 Å². The predicted molar refractivity (Wildman–Crippen MR) is 53.7 cm³/mol. The molecule has 1 aliphatic heterocycles. The van der Waals surface area contributed by atoms with Gasteiger partial charge in [0.15, 0.2) is 0 Å². The Kier molecular flexibility index (Phi) is 5.32. The van der Waals surface area contributed by atoms with Gasteiger partial charge in [0.1, 0.15) is 6.67 Å². The van der Waals surface area contributed by atoms with E-state index in [1.54, 1.807) is 0 Å². The van der Waals surface area contributed by atoms with Gasteiger partial charge in [-0.15, -0.1) is 0 Å².